The van der Waals surface area contributed by atoms with E-state index in [-0.39, 0.29) is 24.1 Å². The highest BCUT2D eigenvalue weighted by Crippen LogP contribution is 2.04. The lowest BCUT2D eigenvalue weighted by atomic mass is 10.2. The quantitative estimate of drug-likeness (QED) is 0.749. The Morgan fingerprint density at radius 1 is 1.43 bits per heavy atom. The number of aromatic amines is 1. The van der Waals surface area contributed by atoms with Gasteiger partial charge in [0.25, 0.3) is 5.91 Å². The zero-order chi connectivity index (χ0) is 15.2. The van der Waals surface area contributed by atoms with Crippen molar-refractivity contribution < 1.29 is 14.0 Å². The third-order valence-electron chi connectivity index (χ3n) is 2.72. The molecule has 0 saturated heterocycles. The summed E-state index contributed by atoms with van der Waals surface area (Å²) in [6.45, 7) is 1.51. The van der Waals surface area contributed by atoms with E-state index in [2.05, 4.69) is 25.8 Å². The molecule has 0 aliphatic heterocycles. The summed E-state index contributed by atoms with van der Waals surface area (Å²) < 4.78 is 13.0. The number of amides is 2. The molecule has 2 amide bonds. The standard InChI is InChI=1S/C13H14FN5O2/c1-8(12-16-7-17-19-12)18-11(20)6-15-13(21)9-3-2-4-10(14)5-9/h2-5,7-8H,6H2,1H3,(H,15,21)(H,18,20)(H,16,17,19). The Hall–Kier alpha value is -2.77. The lowest BCUT2D eigenvalue weighted by molar-refractivity contribution is -0.120. The first kappa shape index (κ1) is 14.6. The number of hydrogen-bond donors (Lipinski definition) is 3. The molecule has 21 heavy (non-hydrogen) atoms. The minimum absolute atomic E-state index is 0.158. The highest BCUT2D eigenvalue weighted by atomic mass is 19.1. The zero-order valence-electron chi connectivity index (χ0n) is 11.3. The van der Waals surface area contributed by atoms with E-state index in [1.807, 2.05) is 0 Å². The van der Waals surface area contributed by atoms with Gasteiger partial charge in [-0.1, -0.05) is 6.07 Å². The second-order valence-electron chi connectivity index (χ2n) is 4.35. The summed E-state index contributed by atoms with van der Waals surface area (Å²) >= 11 is 0. The van der Waals surface area contributed by atoms with Crippen LogP contribution in [-0.4, -0.2) is 33.5 Å². The smallest absolute Gasteiger partial charge is 0.251 e. The van der Waals surface area contributed by atoms with Crippen LogP contribution in [-0.2, 0) is 4.79 Å². The lowest BCUT2D eigenvalue weighted by Crippen LogP contribution is -2.38. The maximum atomic E-state index is 13.0. The fourth-order valence-corrected chi connectivity index (χ4v) is 1.68. The first-order chi connectivity index (χ1) is 10.1. The van der Waals surface area contributed by atoms with Crippen molar-refractivity contribution in [2.75, 3.05) is 6.54 Å². The summed E-state index contributed by atoms with van der Waals surface area (Å²) in [5.41, 5.74) is 0.158. The Kier molecular flexibility index (Phi) is 4.60. The molecule has 0 aliphatic rings. The van der Waals surface area contributed by atoms with Crippen molar-refractivity contribution >= 4 is 11.8 Å². The van der Waals surface area contributed by atoms with Crippen molar-refractivity contribution in [3.63, 3.8) is 0 Å². The molecule has 110 valence electrons. The van der Waals surface area contributed by atoms with E-state index in [9.17, 15) is 14.0 Å². The molecule has 2 aromatic rings. The number of hydrogen-bond acceptors (Lipinski definition) is 4. The molecule has 1 atom stereocenters. The van der Waals surface area contributed by atoms with Crippen molar-refractivity contribution in [1.29, 1.82) is 0 Å². The molecule has 3 N–H and O–H groups in total. The Bertz CT molecular complexity index is 629. The second-order valence-corrected chi connectivity index (χ2v) is 4.35. The van der Waals surface area contributed by atoms with Crippen LogP contribution in [0.4, 0.5) is 4.39 Å². The first-order valence-corrected chi connectivity index (χ1v) is 6.24. The normalized spacial score (nSPS) is 11.7. The number of halogens is 1. The van der Waals surface area contributed by atoms with Crippen LogP contribution in [0.5, 0.6) is 0 Å². The average molecular weight is 291 g/mol. The zero-order valence-corrected chi connectivity index (χ0v) is 11.3. The van der Waals surface area contributed by atoms with Crippen LogP contribution in [0.15, 0.2) is 30.6 Å². The summed E-state index contributed by atoms with van der Waals surface area (Å²) in [6, 6.07) is 4.88. The molecule has 0 aliphatic carbocycles. The van der Waals surface area contributed by atoms with Gasteiger partial charge in [-0.15, -0.1) is 0 Å². The van der Waals surface area contributed by atoms with Crippen molar-refractivity contribution in [2.24, 2.45) is 0 Å². The molecule has 1 aromatic carbocycles. The van der Waals surface area contributed by atoms with Crippen LogP contribution in [0.2, 0.25) is 0 Å². The molecule has 1 heterocycles. The number of nitrogens with zero attached hydrogens (tertiary/aromatic N) is 2. The monoisotopic (exact) mass is 291 g/mol. The number of carbonyl (C=O) groups excluding carboxylic acids is 2. The predicted molar refractivity (Wildman–Crippen MR) is 71.7 cm³/mol. The van der Waals surface area contributed by atoms with Crippen LogP contribution in [0.3, 0.4) is 0 Å². The molecule has 1 unspecified atom stereocenters. The fraction of sp³-hybridized carbons (Fsp3) is 0.231. The van der Waals surface area contributed by atoms with Crippen molar-refractivity contribution in [3.8, 4) is 0 Å². The van der Waals surface area contributed by atoms with Crippen molar-refractivity contribution in [2.45, 2.75) is 13.0 Å². The summed E-state index contributed by atoms with van der Waals surface area (Å²) in [6.07, 6.45) is 1.34. The van der Waals surface area contributed by atoms with E-state index < -0.39 is 11.7 Å². The molecule has 2 rings (SSSR count). The van der Waals surface area contributed by atoms with Crippen LogP contribution in [0.25, 0.3) is 0 Å². The van der Waals surface area contributed by atoms with Crippen LogP contribution < -0.4 is 10.6 Å². The molecular formula is C13H14FN5O2. The molecule has 0 bridgehead atoms. The van der Waals surface area contributed by atoms with Gasteiger partial charge in [0.05, 0.1) is 12.6 Å². The topological polar surface area (TPSA) is 99.8 Å². The number of nitrogens with one attached hydrogen (secondary N) is 3. The van der Waals surface area contributed by atoms with Gasteiger partial charge in [-0.3, -0.25) is 14.7 Å². The van der Waals surface area contributed by atoms with E-state index in [4.69, 9.17) is 0 Å². The molecule has 0 spiro atoms. The molecule has 0 radical (unpaired) electrons. The van der Waals surface area contributed by atoms with E-state index in [1.54, 1.807) is 6.92 Å². The van der Waals surface area contributed by atoms with Gasteiger partial charge in [-0.05, 0) is 25.1 Å². The van der Waals surface area contributed by atoms with E-state index >= 15 is 0 Å². The van der Waals surface area contributed by atoms with Gasteiger partial charge in [0.15, 0.2) is 0 Å². The average Bonchev–Trinajstić information content (AvgIpc) is 2.99. The first-order valence-electron chi connectivity index (χ1n) is 6.24. The summed E-state index contributed by atoms with van der Waals surface area (Å²) in [5, 5.41) is 11.4. The van der Waals surface area contributed by atoms with Gasteiger partial charge in [-0.25, -0.2) is 9.37 Å². The minimum Gasteiger partial charge on any atom is -0.345 e. The van der Waals surface area contributed by atoms with Gasteiger partial charge in [-0.2, -0.15) is 5.10 Å². The predicted octanol–water partition coefficient (Wildman–Crippen LogP) is 0.551. The van der Waals surface area contributed by atoms with Crippen LogP contribution in [0, 0.1) is 5.82 Å². The van der Waals surface area contributed by atoms with Crippen molar-refractivity contribution in [3.05, 3.63) is 47.8 Å². The van der Waals surface area contributed by atoms with Crippen molar-refractivity contribution in [1.82, 2.24) is 25.8 Å². The Labute approximate surface area is 120 Å². The third-order valence-corrected chi connectivity index (χ3v) is 2.72. The van der Waals surface area contributed by atoms with E-state index in [0.29, 0.717) is 5.82 Å². The maximum absolute atomic E-state index is 13.0. The largest absolute Gasteiger partial charge is 0.345 e. The summed E-state index contributed by atoms with van der Waals surface area (Å²) in [5.74, 6) is -0.897. The Morgan fingerprint density at radius 3 is 2.90 bits per heavy atom. The molecule has 0 fully saturated rings. The number of H-pyrrole nitrogens is 1. The third kappa shape index (κ3) is 4.10. The number of carbonyl (C=O) groups is 2. The molecule has 1 aromatic heterocycles. The van der Waals surface area contributed by atoms with E-state index in [1.165, 1.54) is 24.5 Å². The number of benzene rings is 1. The highest BCUT2D eigenvalue weighted by molar-refractivity contribution is 5.96. The van der Waals surface area contributed by atoms with Gasteiger partial charge < -0.3 is 10.6 Å². The molecule has 0 saturated carbocycles. The van der Waals surface area contributed by atoms with Crippen LogP contribution in [0.1, 0.15) is 29.1 Å². The Balaban J connectivity index is 1.82. The lowest BCUT2D eigenvalue weighted by Gasteiger charge is -2.11. The van der Waals surface area contributed by atoms with E-state index in [0.717, 1.165) is 6.07 Å². The number of rotatable bonds is 5. The highest BCUT2D eigenvalue weighted by Gasteiger charge is 2.13. The summed E-state index contributed by atoms with van der Waals surface area (Å²) in [4.78, 5) is 27.3. The molecule has 8 heteroatoms. The molecule has 7 nitrogen and oxygen atoms in total. The van der Waals surface area contributed by atoms with Gasteiger partial charge in [0.1, 0.15) is 18.0 Å². The number of aromatic nitrogens is 3. The maximum Gasteiger partial charge on any atom is 0.251 e. The molecular weight excluding hydrogens is 277 g/mol. The minimum atomic E-state index is -0.517. The second kappa shape index (κ2) is 6.60. The van der Waals surface area contributed by atoms with Gasteiger partial charge in [0.2, 0.25) is 5.91 Å². The summed E-state index contributed by atoms with van der Waals surface area (Å²) in [7, 11) is 0. The fourth-order valence-electron chi connectivity index (χ4n) is 1.68. The van der Waals surface area contributed by atoms with Crippen LogP contribution >= 0.6 is 0 Å². The Morgan fingerprint density at radius 2 is 2.24 bits per heavy atom. The SMILES string of the molecule is CC(NC(=O)CNC(=O)c1cccc(F)c1)c1ncn[nH]1. The van der Waals surface area contributed by atoms with Gasteiger partial charge in [0, 0.05) is 5.56 Å². The van der Waals surface area contributed by atoms with Gasteiger partial charge >= 0.3 is 0 Å².